The lowest BCUT2D eigenvalue weighted by Gasteiger charge is -2.29. The summed E-state index contributed by atoms with van der Waals surface area (Å²) < 4.78 is 11.5. The van der Waals surface area contributed by atoms with E-state index in [9.17, 15) is 19.4 Å². The van der Waals surface area contributed by atoms with Crippen molar-refractivity contribution in [2.24, 2.45) is 11.7 Å². The van der Waals surface area contributed by atoms with Crippen molar-refractivity contribution in [3.63, 3.8) is 0 Å². The van der Waals surface area contributed by atoms with Crippen LogP contribution in [-0.4, -0.2) is 40.8 Å². The van der Waals surface area contributed by atoms with Crippen molar-refractivity contribution in [3.05, 3.63) is 0 Å². The Hall–Kier alpha value is -0.420. The molecule has 0 aromatic rings. The zero-order valence-corrected chi connectivity index (χ0v) is 12.2. The SMILES string of the molecule is NCC(=O)NC[C@H](O)CC(C1CCCCC1)[PH](=O)O. The van der Waals surface area contributed by atoms with Crippen LogP contribution >= 0.6 is 8.03 Å². The predicted octanol–water partition coefficient (Wildman–Crippen LogP) is 0.228. The first-order chi connectivity index (χ1) is 9.04. The number of nitrogens with two attached hydrogens (primary N) is 1. The Morgan fingerprint density at radius 1 is 1.37 bits per heavy atom. The van der Waals surface area contributed by atoms with Crippen LogP contribution < -0.4 is 11.1 Å². The highest BCUT2D eigenvalue weighted by atomic mass is 31.1. The van der Waals surface area contributed by atoms with Crippen LogP contribution in [-0.2, 0) is 9.36 Å². The molecule has 5 N–H and O–H groups in total. The van der Waals surface area contributed by atoms with Gasteiger partial charge in [0.2, 0.25) is 5.91 Å². The number of rotatable bonds is 7. The van der Waals surface area contributed by atoms with E-state index in [1.165, 1.54) is 6.42 Å². The Kier molecular flexibility index (Phi) is 7.61. The Morgan fingerprint density at radius 3 is 2.53 bits per heavy atom. The number of carbonyl (C=O) groups excluding carboxylic acids is 1. The molecule has 0 heterocycles. The monoisotopic (exact) mass is 292 g/mol. The van der Waals surface area contributed by atoms with E-state index in [1.807, 2.05) is 0 Å². The lowest BCUT2D eigenvalue weighted by atomic mass is 9.85. The van der Waals surface area contributed by atoms with Gasteiger partial charge >= 0.3 is 0 Å². The molecule has 0 aliphatic heterocycles. The van der Waals surface area contributed by atoms with Crippen molar-refractivity contribution in [1.29, 1.82) is 0 Å². The maximum absolute atomic E-state index is 11.5. The van der Waals surface area contributed by atoms with Crippen LogP contribution in [0.15, 0.2) is 0 Å². The second-order valence-corrected chi connectivity index (χ2v) is 6.66. The topological polar surface area (TPSA) is 113 Å². The summed E-state index contributed by atoms with van der Waals surface area (Å²) in [7, 11) is -2.66. The highest BCUT2D eigenvalue weighted by molar-refractivity contribution is 7.38. The van der Waals surface area contributed by atoms with Crippen molar-refractivity contribution in [2.75, 3.05) is 13.1 Å². The lowest BCUT2D eigenvalue weighted by Crippen LogP contribution is -2.38. The zero-order chi connectivity index (χ0) is 14.3. The van der Waals surface area contributed by atoms with Gasteiger partial charge in [0.25, 0.3) is 0 Å². The normalized spacial score (nSPS) is 21.6. The highest BCUT2D eigenvalue weighted by Crippen LogP contribution is 2.40. The number of aliphatic hydroxyl groups is 1. The predicted molar refractivity (Wildman–Crippen MR) is 74.3 cm³/mol. The standard InChI is InChI=1S/C12H25N2O4P/c13-7-12(16)14-8-10(15)6-11(19(17)18)9-4-2-1-3-5-9/h9-11,15,19H,1-8,13H2,(H,14,16)(H,17,18)/t10-,11?/m1/s1. The molecule has 3 atom stereocenters. The van der Waals surface area contributed by atoms with E-state index in [0.717, 1.165) is 25.7 Å². The second kappa shape index (κ2) is 8.69. The molecule has 1 aliphatic carbocycles. The minimum atomic E-state index is -2.66. The summed E-state index contributed by atoms with van der Waals surface area (Å²) in [5, 5.41) is 12.3. The number of hydrogen-bond acceptors (Lipinski definition) is 4. The average molecular weight is 292 g/mol. The molecule has 0 aromatic carbocycles. The molecule has 1 rings (SSSR count). The smallest absolute Gasteiger partial charge is 0.233 e. The molecular formula is C12H25N2O4P. The van der Waals surface area contributed by atoms with Crippen LogP contribution in [0.3, 0.4) is 0 Å². The largest absolute Gasteiger partial charge is 0.391 e. The van der Waals surface area contributed by atoms with E-state index in [2.05, 4.69) is 5.32 Å². The van der Waals surface area contributed by atoms with Crippen molar-refractivity contribution in [1.82, 2.24) is 5.32 Å². The van der Waals surface area contributed by atoms with Gasteiger partial charge in [0.15, 0.2) is 8.03 Å². The summed E-state index contributed by atoms with van der Waals surface area (Å²) in [4.78, 5) is 20.5. The third-order valence-corrected chi connectivity index (χ3v) is 5.12. The molecule has 0 radical (unpaired) electrons. The van der Waals surface area contributed by atoms with Crippen LogP contribution in [0.25, 0.3) is 0 Å². The van der Waals surface area contributed by atoms with E-state index < -0.39 is 14.1 Å². The third kappa shape index (κ3) is 6.04. The summed E-state index contributed by atoms with van der Waals surface area (Å²) in [6.07, 6.45) is 4.78. The molecular weight excluding hydrogens is 267 g/mol. The third-order valence-electron chi connectivity index (χ3n) is 3.78. The van der Waals surface area contributed by atoms with Gasteiger partial charge in [0.05, 0.1) is 12.6 Å². The molecule has 1 aliphatic rings. The minimum Gasteiger partial charge on any atom is -0.391 e. The quantitative estimate of drug-likeness (QED) is 0.502. The van der Waals surface area contributed by atoms with Gasteiger partial charge in [-0.15, -0.1) is 0 Å². The maximum Gasteiger partial charge on any atom is 0.233 e. The number of amides is 1. The van der Waals surface area contributed by atoms with Crippen LogP contribution in [0.2, 0.25) is 0 Å². The highest BCUT2D eigenvalue weighted by Gasteiger charge is 2.29. The van der Waals surface area contributed by atoms with Crippen molar-refractivity contribution < 1.29 is 19.4 Å². The molecule has 6 nitrogen and oxygen atoms in total. The summed E-state index contributed by atoms with van der Waals surface area (Å²) in [6.45, 7) is -0.0240. The van der Waals surface area contributed by atoms with Crippen LogP contribution in [0.4, 0.5) is 0 Å². The summed E-state index contributed by atoms with van der Waals surface area (Å²) >= 11 is 0. The van der Waals surface area contributed by atoms with Crippen molar-refractivity contribution in [2.45, 2.75) is 50.3 Å². The molecule has 2 unspecified atom stereocenters. The Labute approximate surface area is 114 Å². The Balaban J connectivity index is 2.43. The molecule has 1 saturated carbocycles. The Morgan fingerprint density at radius 2 is 2.00 bits per heavy atom. The number of hydrogen-bond donors (Lipinski definition) is 4. The van der Waals surface area contributed by atoms with Gasteiger partial charge in [-0.3, -0.25) is 9.36 Å². The maximum atomic E-state index is 11.5. The molecule has 1 fully saturated rings. The molecule has 19 heavy (non-hydrogen) atoms. The van der Waals surface area contributed by atoms with E-state index >= 15 is 0 Å². The first kappa shape index (κ1) is 16.6. The fourth-order valence-corrected chi connectivity index (χ4v) is 3.92. The number of carbonyl (C=O) groups is 1. The van der Waals surface area contributed by atoms with Gasteiger partial charge in [-0.25, -0.2) is 0 Å². The fourth-order valence-electron chi connectivity index (χ4n) is 2.71. The molecule has 0 aromatic heterocycles. The van der Waals surface area contributed by atoms with Gasteiger partial charge in [0, 0.05) is 12.2 Å². The summed E-state index contributed by atoms with van der Waals surface area (Å²) in [5.41, 5.74) is 4.81. The van der Waals surface area contributed by atoms with E-state index in [0.29, 0.717) is 0 Å². The number of nitrogens with one attached hydrogen (secondary N) is 1. The van der Waals surface area contributed by atoms with Crippen molar-refractivity contribution in [3.8, 4) is 0 Å². The van der Waals surface area contributed by atoms with Crippen LogP contribution in [0, 0.1) is 5.92 Å². The molecule has 7 heteroatoms. The lowest BCUT2D eigenvalue weighted by molar-refractivity contribution is -0.120. The van der Waals surface area contributed by atoms with Crippen LogP contribution in [0.1, 0.15) is 38.5 Å². The molecule has 1 amide bonds. The van der Waals surface area contributed by atoms with Gasteiger partial charge in [-0.05, 0) is 25.2 Å². The van der Waals surface area contributed by atoms with E-state index in [4.69, 9.17) is 5.73 Å². The Bertz CT molecular complexity index is 308. The minimum absolute atomic E-state index is 0.0917. The molecule has 112 valence electrons. The summed E-state index contributed by atoms with van der Waals surface area (Å²) in [6, 6.07) is 0. The second-order valence-electron chi connectivity index (χ2n) is 5.24. The van der Waals surface area contributed by atoms with Gasteiger partial charge in [0.1, 0.15) is 0 Å². The first-order valence-corrected chi connectivity index (χ1v) is 8.35. The zero-order valence-electron chi connectivity index (χ0n) is 11.2. The van der Waals surface area contributed by atoms with Crippen LogP contribution in [0.5, 0.6) is 0 Å². The number of aliphatic hydroxyl groups excluding tert-OH is 1. The first-order valence-electron chi connectivity index (χ1n) is 6.92. The van der Waals surface area contributed by atoms with Crippen molar-refractivity contribution >= 4 is 13.9 Å². The van der Waals surface area contributed by atoms with Gasteiger partial charge < -0.3 is 21.1 Å². The van der Waals surface area contributed by atoms with Gasteiger partial charge in [-0.1, -0.05) is 19.3 Å². The molecule has 0 spiro atoms. The van der Waals surface area contributed by atoms with Gasteiger partial charge in [-0.2, -0.15) is 0 Å². The fraction of sp³-hybridized carbons (Fsp3) is 0.917. The average Bonchev–Trinajstić information content (AvgIpc) is 2.42. The van der Waals surface area contributed by atoms with E-state index in [-0.39, 0.29) is 37.0 Å². The summed E-state index contributed by atoms with van der Waals surface area (Å²) in [5.74, 6) is -0.102. The van der Waals surface area contributed by atoms with E-state index in [1.54, 1.807) is 0 Å². The molecule has 0 bridgehead atoms. The molecule has 0 saturated heterocycles.